The topological polar surface area (TPSA) is 59.0 Å². The van der Waals surface area contributed by atoms with E-state index in [1.807, 2.05) is 23.9 Å². The highest BCUT2D eigenvalue weighted by Crippen LogP contribution is 2.16. The summed E-state index contributed by atoms with van der Waals surface area (Å²) in [7, 11) is 0. The third kappa shape index (κ3) is 3.57. The van der Waals surface area contributed by atoms with E-state index in [-0.39, 0.29) is 17.9 Å². The van der Waals surface area contributed by atoms with Gasteiger partial charge in [-0.15, -0.1) is 0 Å². The summed E-state index contributed by atoms with van der Waals surface area (Å²) in [6, 6.07) is 2.45. The van der Waals surface area contributed by atoms with Gasteiger partial charge < -0.3 is 10.6 Å². The summed E-state index contributed by atoms with van der Waals surface area (Å²) in [5, 5.41) is 10.6. The first-order valence-corrected chi connectivity index (χ1v) is 6.66. The van der Waals surface area contributed by atoms with E-state index in [2.05, 4.69) is 22.7 Å². The fourth-order valence-corrected chi connectivity index (χ4v) is 2.47. The number of carbonyl (C=O) groups is 1. The van der Waals surface area contributed by atoms with Crippen molar-refractivity contribution in [3.63, 3.8) is 0 Å². The molecule has 0 spiro atoms. The molecule has 0 saturated carbocycles. The number of nitrogens with one attached hydrogen (secondary N) is 2. The van der Waals surface area contributed by atoms with Crippen LogP contribution in [-0.4, -0.2) is 34.3 Å². The van der Waals surface area contributed by atoms with Gasteiger partial charge >= 0.3 is 0 Å². The molecule has 0 radical (unpaired) electrons. The minimum atomic E-state index is 0.114. The summed E-state index contributed by atoms with van der Waals surface area (Å²) in [6.07, 6.45) is 5.53. The lowest BCUT2D eigenvalue weighted by Crippen LogP contribution is -2.45. The predicted molar refractivity (Wildman–Crippen MR) is 70.0 cm³/mol. The van der Waals surface area contributed by atoms with E-state index in [9.17, 15) is 4.79 Å². The lowest BCUT2D eigenvalue weighted by atomic mass is 9.92. The van der Waals surface area contributed by atoms with E-state index in [4.69, 9.17) is 0 Å². The lowest BCUT2D eigenvalue weighted by Gasteiger charge is -2.28. The van der Waals surface area contributed by atoms with Crippen molar-refractivity contribution in [3.8, 4) is 0 Å². The first-order chi connectivity index (χ1) is 8.65. The molecule has 1 fully saturated rings. The van der Waals surface area contributed by atoms with Gasteiger partial charge in [0.15, 0.2) is 0 Å². The van der Waals surface area contributed by atoms with Crippen LogP contribution in [0.5, 0.6) is 0 Å². The summed E-state index contributed by atoms with van der Waals surface area (Å²) in [4.78, 5) is 12.1. The molecule has 1 aromatic heterocycles. The molecule has 18 heavy (non-hydrogen) atoms. The van der Waals surface area contributed by atoms with Crippen LogP contribution in [0.3, 0.4) is 0 Å². The molecule has 1 aliphatic rings. The predicted octanol–water partition coefficient (Wildman–Crippen LogP) is 0.776. The number of piperidine rings is 1. The summed E-state index contributed by atoms with van der Waals surface area (Å²) in [5.41, 5.74) is 0. The third-order valence-corrected chi connectivity index (χ3v) is 3.40. The number of hydrogen-bond acceptors (Lipinski definition) is 3. The van der Waals surface area contributed by atoms with Gasteiger partial charge in [0.05, 0.1) is 6.54 Å². The quantitative estimate of drug-likeness (QED) is 0.830. The highest BCUT2D eigenvalue weighted by Gasteiger charge is 2.25. The second kappa shape index (κ2) is 6.00. The highest BCUT2D eigenvalue weighted by atomic mass is 16.1. The van der Waals surface area contributed by atoms with Gasteiger partial charge in [0.25, 0.3) is 0 Å². The van der Waals surface area contributed by atoms with Crippen molar-refractivity contribution in [2.45, 2.75) is 45.3 Å². The summed E-state index contributed by atoms with van der Waals surface area (Å²) < 4.78 is 1.84. The van der Waals surface area contributed by atoms with Gasteiger partial charge in [-0.25, -0.2) is 0 Å². The van der Waals surface area contributed by atoms with Crippen molar-refractivity contribution in [1.29, 1.82) is 0 Å². The second-order valence-corrected chi connectivity index (χ2v) is 5.21. The third-order valence-electron chi connectivity index (χ3n) is 3.40. The largest absolute Gasteiger partial charge is 0.352 e. The van der Waals surface area contributed by atoms with Crippen molar-refractivity contribution in [2.24, 2.45) is 5.92 Å². The SMILES string of the molecule is CC1CC(C(=O)NC(C)Cn2cccn2)CCN1. The molecule has 2 N–H and O–H groups in total. The number of nitrogens with zero attached hydrogens (tertiary/aromatic N) is 2. The fourth-order valence-electron chi connectivity index (χ4n) is 2.47. The minimum absolute atomic E-state index is 0.114. The van der Waals surface area contributed by atoms with Crippen LogP contribution in [0.2, 0.25) is 0 Å². The Kier molecular flexibility index (Phi) is 4.36. The molecular weight excluding hydrogens is 228 g/mol. The normalized spacial score (nSPS) is 25.7. The summed E-state index contributed by atoms with van der Waals surface area (Å²) in [5.74, 6) is 0.337. The Hall–Kier alpha value is -1.36. The molecule has 5 nitrogen and oxygen atoms in total. The number of carbonyl (C=O) groups excluding carboxylic acids is 1. The van der Waals surface area contributed by atoms with Gasteiger partial charge in [0, 0.05) is 30.4 Å². The van der Waals surface area contributed by atoms with Crippen LogP contribution in [0.25, 0.3) is 0 Å². The van der Waals surface area contributed by atoms with Crippen molar-refractivity contribution >= 4 is 5.91 Å². The maximum Gasteiger partial charge on any atom is 0.223 e. The van der Waals surface area contributed by atoms with Crippen molar-refractivity contribution < 1.29 is 4.79 Å². The van der Waals surface area contributed by atoms with Crippen LogP contribution < -0.4 is 10.6 Å². The zero-order chi connectivity index (χ0) is 13.0. The van der Waals surface area contributed by atoms with Crippen LogP contribution in [0.15, 0.2) is 18.5 Å². The molecule has 3 unspecified atom stereocenters. The maximum atomic E-state index is 12.1. The molecule has 1 saturated heterocycles. The Morgan fingerprint density at radius 1 is 1.67 bits per heavy atom. The summed E-state index contributed by atoms with van der Waals surface area (Å²) >= 11 is 0. The van der Waals surface area contributed by atoms with Gasteiger partial charge in [-0.2, -0.15) is 5.10 Å². The number of rotatable bonds is 4. The smallest absolute Gasteiger partial charge is 0.223 e. The minimum Gasteiger partial charge on any atom is -0.352 e. The highest BCUT2D eigenvalue weighted by molar-refractivity contribution is 5.79. The molecule has 1 aromatic rings. The molecular formula is C13H22N4O. The summed E-state index contributed by atoms with van der Waals surface area (Å²) in [6.45, 7) is 5.81. The standard InChI is InChI=1S/C13H22N4O/c1-10-8-12(4-6-14-10)13(18)16-11(2)9-17-7-3-5-15-17/h3,5,7,10-12,14H,4,6,8-9H2,1-2H3,(H,16,18). The monoisotopic (exact) mass is 250 g/mol. The lowest BCUT2D eigenvalue weighted by molar-refractivity contribution is -0.126. The van der Waals surface area contributed by atoms with Crippen molar-refractivity contribution in [2.75, 3.05) is 6.54 Å². The molecule has 0 aromatic carbocycles. The molecule has 2 rings (SSSR count). The van der Waals surface area contributed by atoms with Gasteiger partial charge in [0.1, 0.15) is 0 Å². The van der Waals surface area contributed by atoms with E-state index < -0.39 is 0 Å². The molecule has 0 bridgehead atoms. The zero-order valence-corrected chi connectivity index (χ0v) is 11.1. The van der Waals surface area contributed by atoms with Crippen molar-refractivity contribution in [3.05, 3.63) is 18.5 Å². The van der Waals surface area contributed by atoms with Crippen LogP contribution in [0.1, 0.15) is 26.7 Å². The van der Waals surface area contributed by atoms with E-state index in [1.54, 1.807) is 6.20 Å². The van der Waals surface area contributed by atoms with Crippen molar-refractivity contribution in [1.82, 2.24) is 20.4 Å². The molecule has 3 atom stereocenters. The Bertz CT molecular complexity index is 376. The van der Waals surface area contributed by atoms with Crippen LogP contribution >= 0.6 is 0 Å². The Morgan fingerprint density at radius 2 is 2.50 bits per heavy atom. The van der Waals surface area contributed by atoms with E-state index in [0.29, 0.717) is 6.04 Å². The van der Waals surface area contributed by atoms with Gasteiger partial charge in [-0.05, 0) is 39.3 Å². The second-order valence-electron chi connectivity index (χ2n) is 5.21. The maximum absolute atomic E-state index is 12.1. The number of aromatic nitrogens is 2. The number of amides is 1. The van der Waals surface area contributed by atoms with Gasteiger partial charge in [0.2, 0.25) is 5.91 Å². The van der Waals surface area contributed by atoms with E-state index in [0.717, 1.165) is 25.9 Å². The molecule has 100 valence electrons. The first-order valence-electron chi connectivity index (χ1n) is 6.66. The van der Waals surface area contributed by atoms with Crippen LogP contribution in [0.4, 0.5) is 0 Å². The van der Waals surface area contributed by atoms with Gasteiger partial charge in [-0.3, -0.25) is 9.48 Å². The molecule has 0 aliphatic carbocycles. The molecule has 5 heteroatoms. The number of hydrogen-bond donors (Lipinski definition) is 2. The van der Waals surface area contributed by atoms with E-state index >= 15 is 0 Å². The molecule has 1 amide bonds. The van der Waals surface area contributed by atoms with Gasteiger partial charge in [-0.1, -0.05) is 0 Å². The molecule has 1 aliphatic heterocycles. The molecule has 2 heterocycles. The Labute approximate surface area is 108 Å². The Morgan fingerprint density at radius 3 is 3.17 bits per heavy atom. The zero-order valence-electron chi connectivity index (χ0n) is 11.1. The first kappa shape index (κ1) is 13.1. The van der Waals surface area contributed by atoms with Crippen LogP contribution in [-0.2, 0) is 11.3 Å². The Balaban J connectivity index is 1.79. The fraction of sp³-hybridized carbons (Fsp3) is 0.692. The van der Waals surface area contributed by atoms with Crippen LogP contribution in [0, 0.1) is 5.92 Å². The average Bonchev–Trinajstić information content (AvgIpc) is 2.81. The van der Waals surface area contributed by atoms with E-state index in [1.165, 1.54) is 0 Å². The average molecular weight is 250 g/mol.